The first-order chi connectivity index (χ1) is 7.08. The lowest BCUT2D eigenvalue weighted by Gasteiger charge is -2.38. The van der Waals surface area contributed by atoms with Crippen LogP contribution in [0.2, 0.25) is 0 Å². The van der Waals surface area contributed by atoms with Crippen LogP contribution in [0.5, 0.6) is 0 Å². The van der Waals surface area contributed by atoms with Gasteiger partial charge in [-0.2, -0.15) is 0 Å². The smallest absolute Gasteiger partial charge is 0.0195 e. The zero-order valence-electron chi connectivity index (χ0n) is 10.5. The third kappa shape index (κ3) is 4.04. The molecule has 3 nitrogen and oxygen atoms in total. The summed E-state index contributed by atoms with van der Waals surface area (Å²) in [4.78, 5) is 2.32. The highest BCUT2D eigenvalue weighted by Gasteiger charge is 2.30. The van der Waals surface area contributed by atoms with Crippen LogP contribution in [0.3, 0.4) is 0 Å². The Morgan fingerprint density at radius 1 is 1.33 bits per heavy atom. The van der Waals surface area contributed by atoms with E-state index >= 15 is 0 Å². The van der Waals surface area contributed by atoms with Crippen molar-refractivity contribution in [2.75, 3.05) is 20.1 Å². The van der Waals surface area contributed by atoms with Gasteiger partial charge in [0.1, 0.15) is 0 Å². The number of allylic oxidation sites excluding steroid dienone is 2. The van der Waals surface area contributed by atoms with Crippen molar-refractivity contribution in [3.05, 3.63) is 11.8 Å². The summed E-state index contributed by atoms with van der Waals surface area (Å²) in [6.07, 6.45) is 5.18. The minimum absolute atomic E-state index is 0.115. The molecule has 1 fully saturated rings. The van der Waals surface area contributed by atoms with E-state index in [0.29, 0.717) is 0 Å². The maximum absolute atomic E-state index is 6.99. The first-order valence-corrected chi connectivity index (χ1v) is 5.74. The molecule has 0 saturated carbocycles. The fourth-order valence-corrected chi connectivity index (χ4v) is 1.69. The van der Waals surface area contributed by atoms with Gasteiger partial charge in [-0.3, -0.25) is 0 Å². The van der Waals surface area contributed by atoms with E-state index in [1.165, 1.54) is 6.21 Å². The highest BCUT2D eigenvalue weighted by atomic mass is 15.1. The molecule has 1 aliphatic heterocycles. The van der Waals surface area contributed by atoms with Gasteiger partial charge in [0.15, 0.2) is 0 Å². The SMILES string of the molecule is CC.CN1CCC(C)(/C(N)=C/C=N)CC1. The summed E-state index contributed by atoms with van der Waals surface area (Å²) in [5.74, 6) is 0. The van der Waals surface area contributed by atoms with Crippen LogP contribution >= 0.6 is 0 Å². The Kier molecular flexibility index (Phi) is 6.25. The van der Waals surface area contributed by atoms with Crippen LogP contribution in [0.4, 0.5) is 0 Å². The van der Waals surface area contributed by atoms with Crippen LogP contribution in [-0.4, -0.2) is 31.3 Å². The van der Waals surface area contributed by atoms with Crippen LogP contribution in [0, 0.1) is 10.8 Å². The van der Waals surface area contributed by atoms with E-state index in [2.05, 4.69) is 18.9 Å². The minimum Gasteiger partial charge on any atom is -0.402 e. The average Bonchev–Trinajstić information content (AvgIpc) is 2.26. The molecule has 0 bridgehead atoms. The Labute approximate surface area is 93.8 Å². The van der Waals surface area contributed by atoms with Crippen LogP contribution in [0.1, 0.15) is 33.6 Å². The zero-order chi connectivity index (χ0) is 11.9. The van der Waals surface area contributed by atoms with E-state index in [4.69, 9.17) is 11.1 Å². The summed E-state index contributed by atoms with van der Waals surface area (Å²) in [6, 6.07) is 0. The third-order valence-electron chi connectivity index (χ3n) is 3.05. The molecule has 0 aromatic carbocycles. The van der Waals surface area contributed by atoms with Crippen LogP contribution in [-0.2, 0) is 0 Å². The molecule has 0 spiro atoms. The van der Waals surface area contributed by atoms with Gasteiger partial charge in [0.05, 0.1) is 0 Å². The molecule has 88 valence electrons. The summed E-state index contributed by atoms with van der Waals surface area (Å²) < 4.78 is 0. The van der Waals surface area contributed by atoms with Crippen molar-refractivity contribution in [1.82, 2.24) is 4.90 Å². The van der Waals surface area contributed by atoms with Crippen molar-refractivity contribution in [2.24, 2.45) is 11.1 Å². The van der Waals surface area contributed by atoms with Crippen molar-refractivity contribution >= 4 is 6.21 Å². The van der Waals surface area contributed by atoms with Crippen molar-refractivity contribution in [2.45, 2.75) is 33.6 Å². The number of hydrogen-bond acceptors (Lipinski definition) is 3. The highest BCUT2D eigenvalue weighted by Crippen LogP contribution is 2.34. The van der Waals surface area contributed by atoms with Crippen LogP contribution in [0.15, 0.2) is 11.8 Å². The Balaban J connectivity index is 0.000000921. The molecular formula is C12H25N3. The number of nitrogens with two attached hydrogens (primary N) is 1. The molecule has 0 aromatic heterocycles. The molecule has 1 aliphatic rings. The normalized spacial score (nSPS) is 21.5. The first-order valence-electron chi connectivity index (χ1n) is 5.74. The quantitative estimate of drug-likeness (QED) is 0.688. The molecule has 0 amide bonds. The molecule has 1 rings (SSSR count). The Hall–Kier alpha value is -0.830. The van der Waals surface area contributed by atoms with Gasteiger partial charge in [0, 0.05) is 17.3 Å². The maximum Gasteiger partial charge on any atom is 0.0195 e. The Morgan fingerprint density at radius 2 is 1.80 bits per heavy atom. The molecule has 0 aromatic rings. The standard InChI is InChI=1S/C10H19N3.C2H6/c1-10(9(12)3-6-11)4-7-13(2)8-5-10;1-2/h3,6,11H,4-5,7-8,12H2,1-2H3;1-2H3/b9-3-,11-6?;. The second-order valence-corrected chi connectivity index (χ2v) is 4.15. The van der Waals surface area contributed by atoms with Gasteiger partial charge in [-0.15, -0.1) is 0 Å². The monoisotopic (exact) mass is 211 g/mol. The Bertz CT molecular complexity index is 213. The fourth-order valence-electron chi connectivity index (χ4n) is 1.69. The lowest BCUT2D eigenvalue weighted by atomic mass is 9.77. The van der Waals surface area contributed by atoms with Crippen LogP contribution in [0.25, 0.3) is 0 Å². The third-order valence-corrected chi connectivity index (χ3v) is 3.05. The van der Waals surface area contributed by atoms with E-state index < -0.39 is 0 Å². The van der Waals surface area contributed by atoms with Gasteiger partial charge in [0.2, 0.25) is 0 Å². The summed E-state index contributed by atoms with van der Waals surface area (Å²) in [5.41, 5.74) is 6.90. The van der Waals surface area contributed by atoms with Gasteiger partial charge in [-0.25, -0.2) is 0 Å². The molecule has 0 aliphatic carbocycles. The number of rotatable bonds is 2. The van der Waals surface area contributed by atoms with Gasteiger partial charge in [0.25, 0.3) is 0 Å². The van der Waals surface area contributed by atoms with Crippen molar-refractivity contribution in [3.8, 4) is 0 Å². The second kappa shape index (κ2) is 6.62. The van der Waals surface area contributed by atoms with Crippen molar-refractivity contribution in [1.29, 1.82) is 5.41 Å². The van der Waals surface area contributed by atoms with E-state index in [-0.39, 0.29) is 5.41 Å². The molecule has 1 saturated heterocycles. The number of piperidine rings is 1. The summed E-state index contributed by atoms with van der Waals surface area (Å²) in [6.45, 7) is 8.39. The van der Waals surface area contributed by atoms with Crippen molar-refractivity contribution < 1.29 is 0 Å². The highest BCUT2D eigenvalue weighted by molar-refractivity contribution is 5.69. The molecule has 15 heavy (non-hydrogen) atoms. The fraction of sp³-hybridized carbons (Fsp3) is 0.750. The Morgan fingerprint density at radius 3 is 2.20 bits per heavy atom. The maximum atomic E-state index is 6.99. The molecule has 0 atom stereocenters. The summed E-state index contributed by atoms with van der Waals surface area (Å²) >= 11 is 0. The molecule has 1 heterocycles. The number of hydrogen-bond donors (Lipinski definition) is 2. The summed E-state index contributed by atoms with van der Waals surface area (Å²) in [7, 11) is 2.14. The molecule has 0 radical (unpaired) electrons. The minimum atomic E-state index is 0.115. The molecule has 3 N–H and O–H groups in total. The van der Waals surface area contributed by atoms with E-state index in [1.54, 1.807) is 6.08 Å². The largest absolute Gasteiger partial charge is 0.402 e. The number of likely N-dealkylation sites (tertiary alicyclic amines) is 1. The molecule has 3 heteroatoms. The lowest BCUT2D eigenvalue weighted by molar-refractivity contribution is 0.169. The van der Waals surface area contributed by atoms with Gasteiger partial charge < -0.3 is 16.0 Å². The van der Waals surface area contributed by atoms with Gasteiger partial charge >= 0.3 is 0 Å². The molecular weight excluding hydrogens is 186 g/mol. The average molecular weight is 211 g/mol. The first kappa shape index (κ1) is 14.2. The predicted molar refractivity (Wildman–Crippen MR) is 67.2 cm³/mol. The topological polar surface area (TPSA) is 53.1 Å². The van der Waals surface area contributed by atoms with Gasteiger partial charge in [-0.1, -0.05) is 20.8 Å². The molecule has 0 unspecified atom stereocenters. The predicted octanol–water partition coefficient (Wildman–Crippen LogP) is 2.24. The zero-order valence-corrected chi connectivity index (χ0v) is 10.5. The summed E-state index contributed by atoms with van der Waals surface area (Å²) in [5, 5.41) is 6.99. The lowest BCUT2D eigenvalue weighted by Crippen LogP contribution is -2.39. The van der Waals surface area contributed by atoms with E-state index in [9.17, 15) is 0 Å². The van der Waals surface area contributed by atoms with Gasteiger partial charge in [-0.05, 0) is 39.1 Å². The van der Waals surface area contributed by atoms with Crippen LogP contribution < -0.4 is 5.73 Å². The second-order valence-electron chi connectivity index (χ2n) is 4.15. The van der Waals surface area contributed by atoms with E-state index in [0.717, 1.165) is 31.6 Å². The van der Waals surface area contributed by atoms with Crippen molar-refractivity contribution in [3.63, 3.8) is 0 Å². The number of nitrogens with zero attached hydrogens (tertiary/aromatic N) is 1. The number of nitrogens with one attached hydrogen (secondary N) is 1. The van der Waals surface area contributed by atoms with E-state index in [1.807, 2.05) is 13.8 Å².